The Hall–Kier alpha value is -2.03. The molecule has 0 aliphatic rings. The van der Waals surface area contributed by atoms with Gasteiger partial charge in [-0.2, -0.15) is 9.36 Å². The van der Waals surface area contributed by atoms with Crippen LogP contribution in [-0.4, -0.2) is 39.0 Å². The summed E-state index contributed by atoms with van der Waals surface area (Å²) in [5.41, 5.74) is 5.08. The fraction of sp³-hybridized carbons (Fsp3) is 0.167. The van der Waals surface area contributed by atoms with Gasteiger partial charge >= 0.3 is 5.97 Å². The van der Waals surface area contributed by atoms with E-state index in [9.17, 15) is 9.59 Å². The predicted molar refractivity (Wildman–Crippen MR) is 50.5 cm³/mol. The molecule has 0 fully saturated rings. The van der Waals surface area contributed by atoms with Gasteiger partial charge in [0.25, 0.3) is 0 Å². The lowest BCUT2D eigenvalue weighted by atomic mass is 10.4. The molecule has 0 amide bonds. The summed E-state index contributed by atoms with van der Waals surface area (Å²) in [4.78, 5) is 28.6. The van der Waals surface area contributed by atoms with Crippen LogP contribution in [0, 0.1) is 0 Å². The first-order valence-corrected chi connectivity index (χ1v) is 4.37. The molecule has 0 aliphatic heterocycles. The topological polar surface area (TPSA) is 128 Å². The molecule has 0 spiro atoms. The van der Waals surface area contributed by atoms with E-state index >= 15 is 0 Å². The lowest BCUT2D eigenvalue weighted by Crippen LogP contribution is -2.09. The molecule has 0 saturated carbocycles. The maximum atomic E-state index is 10.5. The number of aliphatic carboxylic acids is 1. The van der Waals surface area contributed by atoms with E-state index in [1.54, 1.807) is 0 Å². The maximum absolute atomic E-state index is 10.5. The Morgan fingerprint density at radius 3 is 2.93 bits per heavy atom. The number of aldehydes is 1. The van der Waals surface area contributed by atoms with Gasteiger partial charge in [-0.3, -0.25) is 4.79 Å². The van der Waals surface area contributed by atoms with Gasteiger partial charge in [0.05, 0.1) is 0 Å². The number of carboxylic acid groups (broad SMARTS) is 1. The molecule has 15 heavy (non-hydrogen) atoms. The Labute approximate surface area is 87.5 Å². The molecular formula is C6H6N4O4S. The van der Waals surface area contributed by atoms with Gasteiger partial charge < -0.3 is 15.7 Å². The SMILES string of the molecule is Nc1nc(/C(C=O)=N\OCC(=O)O)ns1. The maximum Gasteiger partial charge on any atom is 0.344 e. The van der Waals surface area contributed by atoms with E-state index in [4.69, 9.17) is 10.8 Å². The van der Waals surface area contributed by atoms with E-state index in [1.807, 2.05) is 0 Å². The van der Waals surface area contributed by atoms with Crippen molar-refractivity contribution >= 4 is 34.6 Å². The number of oxime groups is 1. The number of nitrogen functional groups attached to an aromatic ring is 1. The summed E-state index contributed by atoms with van der Waals surface area (Å²) in [5.74, 6) is -1.19. The molecule has 0 unspecified atom stereocenters. The third-order valence-corrected chi connectivity index (χ3v) is 1.68. The highest BCUT2D eigenvalue weighted by molar-refractivity contribution is 7.09. The van der Waals surface area contributed by atoms with E-state index < -0.39 is 12.6 Å². The van der Waals surface area contributed by atoms with E-state index in [0.717, 1.165) is 11.5 Å². The van der Waals surface area contributed by atoms with Gasteiger partial charge in [-0.15, -0.1) is 0 Å². The number of carbonyl (C=O) groups is 2. The Kier molecular flexibility index (Phi) is 3.68. The van der Waals surface area contributed by atoms with Crippen LogP contribution in [0.15, 0.2) is 5.16 Å². The minimum absolute atomic E-state index is 0.0119. The number of rotatable bonds is 5. The second kappa shape index (κ2) is 5.00. The van der Waals surface area contributed by atoms with Gasteiger partial charge in [0.15, 0.2) is 23.0 Å². The first kappa shape index (κ1) is 11.0. The first-order chi connectivity index (χ1) is 7.13. The number of carbonyl (C=O) groups excluding carboxylic acids is 1. The van der Waals surface area contributed by atoms with Crippen LogP contribution in [0.2, 0.25) is 0 Å². The molecule has 1 rings (SSSR count). The molecular weight excluding hydrogens is 224 g/mol. The minimum atomic E-state index is -1.20. The van der Waals surface area contributed by atoms with Crippen molar-refractivity contribution in [2.24, 2.45) is 5.16 Å². The molecule has 0 bridgehead atoms. The summed E-state index contributed by atoms with van der Waals surface area (Å²) in [7, 11) is 0. The smallest absolute Gasteiger partial charge is 0.344 e. The van der Waals surface area contributed by atoms with Crippen LogP contribution in [0.5, 0.6) is 0 Å². The molecule has 9 heteroatoms. The van der Waals surface area contributed by atoms with Crippen LogP contribution in [0.25, 0.3) is 0 Å². The Morgan fingerprint density at radius 1 is 1.73 bits per heavy atom. The van der Waals surface area contributed by atoms with E-state index in [0.29, 0.717) is 6.29 Å². The lowest BCUT2D eigenvalue weighted by Gasteiger charge is -1.94. The van der Waals surface area contributed by atoms with Crippen LogP contribution in [0.3, 0.4) is 0 Å². The number of carboxylic acids is 1. The summed E-state index contributed by atoms with van der Waals surface area (Å²) < 4.78 is 3.70. The van der Waals surface area contributed by atoms with Gasteiger partial charge in [-0.1, -0.05) is 5.16 Å². The number of hydrogen-bond donors (Lipinski definition) is 2. The molecule has 1 aromatic rings. The zero-order valence-electron chi connectivity index (χ0n) is 7.28. The standard InChI is InChI=1S/C6H6N4O4S/c7-6-8-5(10-15-6)3(1-11)9-14-2-4(12)13/h1H,2H2,(H,12,13)(H2,7,8,10)/b9-3-. The summed E-state index contributed by atoms with van der Waals surface area (Å²) in [6.45, 7) is -0.642. The van der Waals surface area contributed by atoms with Crippen molar-refractivity contribution < 1.29 is 19.5 Å². The van der Waals surface area contributed by atoms with Crippen molar-refractivity contribution in [1.82, 2.24) is 9.36 Å². The van der Waals surface area contributed by atoms with Gasteiger partial charge in [-0.05, 0) is 0 Å². The zero-order chi connectivity index (χ0) is 11.3. The lowest BCUT2D eigenvalue weighted by molar-refractivity contribution is -0.142. The van der Waals surface area contributed by atoms with E-state index in [2.05, 4.69) is 19.4 Å². The molecule has 0 aromatic carbocycles. The summed E-state index contributed by atoms with van der Waals surface area (Å²) >= 11 is 0.893. The Bertz CT molecular complexity index is 402. The fourth-order valence-electron chi connectivity index (χ4n) is 0.611. The van der Waals surface area contributed by atoms with Crippen molar-refractivity contribution in [2.45, 2.75) is 0 Å². The zero-order valence-corrected chi connectivity index (χ0v) is 8.10. The van der Waals surface area contributed by atoms with Crippen molar-refractivity contribution in [3.63, 3.8) is 0 Å². The quantitative estimate of drug-likeness (QED) is 0.382. The van der Waals surface area contributed by atoms with E-state index in [1.165, 1.54) is 0 Å². The van der Waals surface area contributed by atoms with Crippen LogP contribution in [0.1, 0.15) is 5.82 Å². The molecule has 0 saturated heterocycles. The third-order valence-electron chi connectivity index (χ3n) is 1.13. The average Bonchev–Trinajstić information content (AvgIpc) is 2.59. The van der Waals surface area contributed by atoms with Gasteiger partial charge in [0, 0.05) is 11.5 Å². The summed E-state index contributed by atoms with van der Waals surface area (Å²) in [6.07, 6.45) is 0.351. The summed E-state index contributed by atoms with van der Waals surface area (Å²) in [5, 5.41) is 11.7. The second-order valence-corrected chi connectivity index (χ2v) is 3.00. The van der Waals surface area contributed by atoms with Crippen LogP contribution in [-0.2, 0) is 14.4 Å². The normalized spacial score (nSPS) is 11.1. The highest BCUT2D eigenvalue weighted by Crippen LogP contribution is 2.05. The largest absolute Gasteiger partial charge is 0.479 e. The van der Waals surface area contributed by atoms with Crippen LogP contribution < -0.4 is 5.73 Å². The van der Waals surface area contributed by atoms with Crippen LogP contribution >= 0.6 is 11.5 Å². The number of nitrogens with two attached hydrogens (primary N) is 1. The molecule has 3 N–H and O–H groups in total. The number of aromatic nitrogens is 2. The van der Waals surface area contributed by atoms with Gasteiger partial charge in [-0.25, -0.2) is 4.79 Å². The molecule has 80 valence electrons. The number of nitrogens with zero attached hydrogens (tertiary/aromatic N) is 3. The Balaban J connectivity index is 2.71. The molecule has 0 atom stereocenters. The molecule has 0 radical (unpaired) electrons. The molecule has 1 aromatic heterocycles. The van der Waals surface area contributed by atoms with Gasteiger partial charge in [0.1, 0.15) is 0 Å². The second-order valence-electron chi connectivity index (χ2n) is 2.22. The Morgan fingerprint density at radius 2 is 2.47 bits per heavy atom. The first-order valence-electron chi connectivity index (χ1n) is 3.60. The number of hydrogen-bond acceptors (Lipinski definition) is 8. The van der Waals surface area contributed by atoms with Crippen molar-refractivity contribution in [3.05, 3.63) is 5.82 Å². The van der Waals surface area contributed by atoms with Crippen molar-refractivity contribution in [2.75, 3.05) is 12.3 Å². The summed E-state index contributed by atoms with van der Waals surface area (Å²) in [6, 6.07) is 0. The highest BCUT2D eigenvalue weighted by atomic mass is 32.1. The third kappa shape index (κ3) is 3.31. The molecule has 0 aliphatic carbocycles. The van der Waals surface area contributed by atoms with Gasteiger partial charge in [0.2, 0.25) is 6.61 Å². The monoisotopic (exact) mass is 230 g/mol. The van der Waals surface area contributed by atoms with Crippen LogP contribution in [0.4, 0.5) is 5.13 Å². The average molecular weight is 230 g/mol. The minimum Gasteiger partial charge on any atom is -0.479 e. The molecule has 1 heterocycles. The predicted octanol–water partition coefficient (Wildman–Crippen LogP) is -0.876. The van der Waals surface area contributed by atoms with E-state index in [-0.39, 0.29) is 16.7 Å². The molecule has 8 nitrogen and oxygen atoms in total. The highest BCUT2D eigenvalue weighted by Gasteiger charge is 2.09. The fourth-order valence-corrected chi connectivity index (χ4v) is 1.05. The number of anilines is 1. The van der Waals surface area contributed by atoms with Crippen molar-refractivity contribution in [1.29, 1.82) is 0 Å². The van der Waals surface area contributed by atoms with Crippen molar-refractivity contribution in [3.8, 4) is 0 Å².